The fourth-order valence-electron chi connectivity index (χ4n) is 11.3. The SMILES string of the molecule is CCOC(=O)c1cc2cc3c(cc2oc1=O)N(CCCC(=O)OCC1OC(n2cc(F)c(=O)n(CC=C(C)CCC=C(C)CCC=C(C)C)c2=O)C2OC4(CCCCCCCCCCC4)OC12)C(C)(C)CC3C. The molecule has 15 heteroatoms. The molecule has 2 aromatic heterocycles. The molecule has 1 saturated carbocycles. The van der Waals surface area contributed by atoms with Gasteiger partial charge in [-0.1, -0.05) is 86.8 Å². The molecule has 14 nitrogen and oxygen atoms in total. The van der Waals surface area contributed by atoms with E-state index in [4.69, 9.17) is 28.1 Å². The van der Waals surface area contributed by atoms with E-state index >= 15 is 4.39 Å². The second-order valence-corrected chi connectivity index (χ2v) is 21.8. The summed E-state index contributed by atoms with van der Waals surface area (Å²) in [6.07, 6.45) is 19.4. The van der Waals surface area contributed by atoms with Crippen LogP contribution in [0.15, 0.2) is 78.1 Å². The second kappa shape index (κ2) is 24.9. The van der Waals surface area contributed by atoms with Gasteiger partial charge in [-0.3, -0.25) is 18.7 Å². The summed E-state index contributed by atoms with van der Waals surface area (Å²) in [5.41, 5.74) is 2.88. The molecular formula is C58H80FN3O11. The molecule has 0 N–H and O–H groups in total. The number of hydrogen-bond acceptors (Lipinski definition) is 12. The lowest BCUT2D eigenvalue weighted by Crippen LogP contribution is -2.48. The number of hydrogen-bond donors (Lipinski definition) is 0. The Kier molecular flexibility index (Phi) is 19.0. The lowest BCUT2D eigenvalue weighted by atomic mass is 9.79. The molecule has 400 valence electrons. The third-order valence-corrected chi connectivity index (χ3v) is 15.2. The van der Waals surface area contributed by atoms with E-state index in [0.29, 0.717) is 36.8 Å². The maximum atomic E-state index is 15.7. The van der Waals surface area contributed by atoms with Gasteiger partial charge in [0.15, 0.2) is 12.0 Å². The monoisotopic (exact) mass is 1010 g/mol. The van der Waals surface area contributed by atoms with E-state index in [0.717, 1.165) is 103 Å². The molecule has 0 amide bonds. The van der Waals surface area contributed by atoms with Crippen LogP contribution in [0.1, 0.15) is 199 Å². The van der Waals surface area contributed by atoms with Gasteiger partial charge in [-0.25, -0.2) is 14.4 Å². The van der Waals surface area contributed by atoms with Crippen molar-refractivity contribution in [3.63, 3.8) is 0 Å². The van der Waals surface area contributed by atoms with E-state index < -0.39 is 65.0 Å². The molecule has 1 aromatic carbocycles. The molecule has 5 atom stereocenters. The minimum Gasteiger partial charge on any atom is -0.463 e. The highest BCUT2D eigenvalue weighted by Gasteiger charge is 2.59. The number of allylic oxidation sites excluding steroid dienone is 6. The van der Waals surface area contributed by atoms with Crippen LogP contribution in [0.3, 0.4) is 0 Å². The number of aromatic nitrogens is 2. The van der Waals surface area contributed by atoms with Crippen molar-refractivity contribution in [2.45, 2.75) is 219 Å². The van der Waals surface area contributed by atoms with Crippen molar-refractivity contribution in [2.75, 3.05) is 24.7 Å². The van der Waals surface area contributed by atoms with Gasteiger partial charge in [0.2, 0.25) is 5.82 Å². The second-order valence-electron chi connectivity index (χ2n) is 21.8. The van der Waals surface area contributed by atoms with Gasteiger partial charge in [0.25, 0.3) is 5.56 Å². The molecule has 5 unspecified atom stereocenters. The van der Waals surface area contributed by atoms with Crippen LogP contribution in [0.4, 0.5) is 10.1 Å². The van der Waals surface area contributed by atoms with Crippen molar-refractivity contribution in [1.29, 1.82) is 0 Å². The predicted octanol–water partition coefficient (Wildman–Crippen LogP) is 11.6. The fourth-order valence-corrected chi connectivity index (χ4v) is 11.3. The first kappa shape index (κ1) is 55.6. The number of halogens is 1. The van der Waals surface area contributed by atoms with E-state index in [2.05, 4.69) is 58.6 Å². The van der Waals surface area contributed by atoms with Crippen LogP contribution in [0, 0.1) is 5.82 Å². The highest BCUT2D eigenvalue weighted by atomic mass is 19.1. The largest absolute Gasteiger partial charge is 0.463 e. The molecule has 0 radical (unpaired) electrons. The summed E-state index contributed by atoms with van der Waals surface area (Å²) in [5, 5.41) is 0.624. The average Bonchev–Trinajstić information content (AvgIpc) is 3.86. The van der Waals surface area contributed by atoms with Crippen molar-refractivity contribution < 1.29 is 42.1 Å². The first-order valence-electron chi connectivity index (χ1n) is 27.1. The van der Waals surface area contributed by atoms with Crippen LogP contribution in [0.25, 0.3) is 11.0 Å². The van der Waals surface area contributed by atoms with E-state index in [1.807, 2.05) is 19.1 Å². The quantitative estimate of drug-likeness (QED) is 0.0717. The number of esters is 2. The standard InChI is InChI=1S/C58H80FN3O11/c1-9-68-54(65)44-33-42-32-43-41(6)35-57(7,8)62(46(43)34-47(42)71-55(44)66)30-21-26-49(63)69-37-48-50-51(73-58(72-50)28-17-15-13-11-10-12-14-16-18-29-58)53(70-48)61-36-45(59)52(64)60(56(61)67)31-27-40(5)25-20-24-39(4)23-19-22-38(2)3/h22,24,27,32-34,36,41,48,50-51,53H,9-21,23,25-26,28-31,35,37H2,1-8H3. The number of carbonyl (C=O) groups is 2. The van der Waals surface area contributed by atoms with Gasteiger partial charge in [0.1, 0.15) is 36.1 Å². The van der Waals surface area contributed by atoms with Crippen molar-refractivity contribution in [2.24, 2.45) is 0 Å². The summed E-state index contributed by atoms with van der Waals surface area (Å²) in [7, 11) is 0. The first-order valence-corrected chi connectivity index (χ1v) is 27.1. The van der Waals surface area contributed by atoms with Gasteiger partial charge in [-0.05, 0) is 123 Å². The Balaban J connectivity index is 1.06. The molecule has 1 aliphatic carbocycles. The average molecular weight is 1010 g/mol. The molecule has 2 saturated heterocycles. The van der Waals surface area contributed by atoms with Crippen LogP contribution >= 0.6 is 0 Å². The third-order valence-electron chi connectivity index (χ3n) is 15.2. The van der Waals surface area contributed by atoms with Gasteiger partial charge < -0.3 is 33.0 Å². The Hall–Kier alpha value is -5.12. The molecule has 3 aliphatic heterocycles. The Bertz CT molecular complexity index is 2700. The molecule has 3 fully saturated rings. The zero-order valence-corrected chi connectivity index (χ0v) is 44.7. The van der Waals surface area contributed by atoms with Crippen LogP contribution in [0.5, 0.6) is 0 Å². The predicted molar refractivity (Wildman–Crippen MR) is 281 cm³/mol. The number of anilines is 1. The van der Waals surface area contributed by atoms with E-state index in [9.17, 15) is 24.0 Å². The maximum absolute atomic E-state index is 15.7. The fraction of sp³-hybridized carbons (Fsp3) is 0.638. The lowest BCUT2D eigenvalue weighted by Gasteiger charge is -2.47. The van der Waals surface area contributed by atoms with Gasteiger partial charge >= 0.3 is 23.3 Å². The van der Waals surface area contributed by atoms with E-state index in [-0.39, 0.29) is 43.2 Å². The summed E-state index contributed by atoms with van der Waals surface area (Å²) in [4.78, 5) is 68.9. The van der Waals surface area contributed by atoms with Crippen LogP contribution < -0.4 is 21.8 Å². The lowest BCUT2D eigenvalue weighted by molar-refractivity contribution is -0.229. The highest BCUT2D eigenvalue weighted by molar-refractivity contribution is 5.94. The molecule has 4 aliphatic rings. The number of ether oxygens (including phenoxy) is 5. The molecule has 0 bridgehead atoms. The van der Waals surface area contributed by atoms with Gasteiger partial charge in [0.05, 0.1) is 12.8 Å². The summed E-state index contributed by atoms with van der Waals surface area (Å²) in [5.74, 6) is -3.07. The Morgan fingerprint density at radius 2 is 1.47 bits per heavy atom. The van der Waals surface area contributed by atoms with E-state index in [1.165, 1.54) is 36.5 Å². The number of rotatable bonds is 17. The smallest absolute Gasteiger partial charge is 0.351 e. The summed E-state index contributed by atoms with van der Waals surface area (Å²) in [6, 6.07) is 5.34. The Morgan fingerprint density at radius 3 is 2.14 bits per heavy atom. The number of benzene rings is 1. The van der Waals surface area contributed by atoms with Crippen molar-refractivity contribution in [1.82, 2.24) is 9.13 Å². The number of nitrogens with zero attached hydrogens (tertiary/aromatic N) is 3. The van der Waals surface area contributed by atoms with Crippen LogP contribution in [0.2, 0.25) is 0 Å². The normalized spacial score (nSPS) is 23.4. The van der Waals surface area contributed by atoms with Crippen molar-refractivity contribution in [3.05, 3.63) is 108 Å². The highest BCUT2D eigenvalue weighted by Crippen LogP contribution is 2.48. The molecule has 73 heavy (non-hydrogen) atoms. The van der Waals surface area contributed by atoms with Crippen LogP contribution in [-0.4, -0.2) is 70.5 Å². The zero-order chi connectivity index (χ0) is 52.5. The first-order chi connectivity index (χ1) is 34.9. The summed E-state index contributed by atoms with van der Waals surface area (Å²) in [6.45, 7) is 16.7. The summed E-state index contributed by atoms with van der Waals surface area (Å²) < 4.78 is 54.8. The minimum atomic E-state index is -1.16. The number of fused-ring (bicyclic) bond motifs is 3. The van der Waals surface area contributed by atoms with Gasteiger partial charge in [-0.2, -0.15) is 4.39 Å². The minimum absolute atomic E-state index is 0.0866. The molecule has 7 rings (SSSR count). The maximum Gasteiger partial charge on any atom is 0.351 e. The van der Waals surface area contributed by atoms with Crippen molar-refractivity contribution >= 4 is 28.6 Å². The van der Waals surface area contributed by atoms with Crippen molar-refractivity contribution in [3.8, 4) is 0 Å². The molecular weight excluding hydrogens is 934 g/mol. The molecule has 1 spiro atoms. The van der Waals surface area contributed by atoms with E-state index in [1.54, 1.807) is 13.0 Å². The Labute approximate surface area is 429 Å². The number of carbonyl (C=O) groups excluding carboxylic acids is 2. The third kappa shape index (κ3) is 13.8. The summed E-state index contributed by atoms with van der Waals surface area (Å²) >= 11 is 0. The molecule has 5 heterocycles. The van der Waals surface area contributed by atoms with Gasteiger partial charge in [0, 0.05) is 55.0 Å². The van der Waals surface area contributed by atoms with Gasteiger partial charge in [-0.15, -0.1) is 0 Å². The molecule has 3 aromatic rings. The zero-order valence-electron chi connectivity index (χ0n) is 44.7. The topological polar surface area (TPSA) is 158 Å². The van der Waals surface area contributed by atoms with Crippen LogP contribution in [-0.2, 0) is 35.0 Å². The Morgan fingerprint density at radius 1 is 0.822 bits per heavy atom.